The number of carbonyl (C=O) groups excluding carboxylic acids is 2. The SMILES string of the molecule is COC(=O)C(C)(C)C(=O)CCC(C)C. The molecule has 0 N–H and O–H groups in total. The first-order chi connectivity index (χ1) is 6.32. The van der Waals surface area contributed by atoms with Crippen LogP contribution in [0.25, 0.3) is 0 Å². The van der Waals surface area contributed by atoms with Gasteiger partial charge in [0.2, 0.25) is 0 Å². The summed E-state index contributed by atoms with van der Waals surface area (Å²) >= 11 is 0. The number of ether oxygens (including phenoxy) is 1. The predicted molar refractivity (Wildman–Crippen MR) is 54.9 cm³/mol. The second-order valence-electron chi connectivity index (χ2n) is 4.47. The molecule has 0 aliphatic carbocycles. The average molecular weight is 200 g/mol. The Balaban J connectivity index is 4.29. The molecule has 0 fully saturated rings. The Morgan fingerprint density at radius 3 is 2.14 bits per heavy atom. The Hall–Kier alpha value is -0.860. The molecule has 14 heavy (non-hydrogen) atoms. The van der Waals surface area contributed by atoms with E-state index in [2.05, 4.69) is 18.6 Å². The van der Waals surface area contributed by atoms with Gasteiger partial charge < -0.3 is 4.74 Å². The molecule has 0 aliphatic rings. The van der Waals surface area contributed by atoms with E-state index < -0.39 is 11.4 Å². The second kappa shape index (κ2) is 5.13. The summed E-state index contributed by atoms with van der Waals surface area (Å²) < 4.78 is 4.58. The van der Waals surface area contributed by atoms with E-state index in [1.54, 1.807) is 13.8 Å². The first-order valence-electron chi connectivity index (χ1n) is 4.94. The lowest BCUT2D eigenvalue weighted by Gasteiger charge is -2.20. The van der Waals surface area contributed by atoms with E-state index in [0.717, 1.165) is 6.42 Å². The monoisotopic (exact) mass is 200 g/mol. The zero-order valence-corrected chi connectivity index (χ0v) is 9.72. The Labute approximate surface area is 85.8 Å². The highest BCUT2D eigenvalue weighted by atomic mass is 16.5. The van der Waals surface area contributed by atoms with E-state index in [1.165, 1.54) is 7.11 Å². The van der Waals surface area contributed by atoms with Gasteiger partial charge in [-0.2, -0.15) is 0 Å². The Morgan fingerprint density at radius 1 is 1.29 bits per heavy atom. The van der Waals surface area contributed by atoms with Crippen LogP contribution in [-0.2, 0) is 14.3 Å². The molecule has 0 heterocycles. The van der Waals surface area contributed by atoms with E-state index in [-0.39, 0.29) is 5.78 Å². The van der Waals surface area contributed by atoms with Crippen molar-refractivity contribution in [3.8, 4) is 0 Å². The van der Waals surface area contributed by atoms with Crippen molar-refractivity contribution in [2.45, 2.75) is 40.5 Å². The summed E-state index contributed by atoms with van der Waals surface area (Å²) in [5.41, 5.74) is -0.996. The van der Waals surface area contributed by atoms with Crippen molar-refractivity contribution in [2.75, 3.05) is 7.11 Å². The molecular weight excluding hydrogens is 180 g/mol. The highest BCUT2D eigenvalue weighted by Crippen LogP contribution is 2.22. The third-order valence-corrected chi connectivity index (χ3v) is 2.34. The average Bonchev–Trinajstić information content (AvgIpc) is 2.12. The van der Waals surface area contributed by atoms with Crippen LogP contribution in [0.3, 0.4) is 0 Å². The van der Waals surface area contributed by atoms with Crippen molar-refractivity contribution >= 4 is 11.8 Å². The van der Waals surface area contributed by atoms with Gasteiger partial charge in [0.25, 0.3) is 0 Å². The summed E-state index contributed by atoms with van der Waals surface area (Å²) in [6.45, 7) is 7.33. The number of hydrogen-bond acceptors (Lipinski definition) is 3. The smallest absolute Gasteiger partial charge is 0.318 e. The molecule has 0 aromatic rings. The first kappa shape index (κ1) is 13.1. The third kappa shape index (κ3) is 3.48. The van der Waals surface area contributed by atoms with Gasteiger partial charge in [-0.3, -0.25) is 9.59 Å². The number of rotatable bonds is 5. The van der Waals surface area contributed by atoms with Crippen LogP contribution >= 0.6 is 0 Å². The fraction of sp³-hybridized carbons (Fsp3) is 0.818. The lowest BCUT2D eigenvalue weighted by Crippen LogP contribution is -2.34. The van der Waals surface area contributed by atoms with Crippen molar-refractivity contribution in [3.63, 3.8) is 0 Å². The fourth-order valence-electron chi connectivity index (χ4n) is 1.10. The van der Waals surface area contributed by atoms with Crippen LogP contribution in [0.4, 0.5) is 0 Å². The summed E-state index contributed by atoms with van der Waals surface area (Å²) in [5, 5.41) is 0. The molecule has 0 spiro atoms. The molecule has 0 saturated carbocycles. The Bertz CT molecular complexity index is 217. The van der Waals surface area contributed by atoms with Gasteiger partial charge in [-0.25, -0.2) is 0 Å². The van der Waals surface area contributed by atoms with Gasteiger partial charge in [-0.1, -0.05) is 13.8 Å². The standard InChI is InChI=1S/C11H20O3/c1-8(2)6-7-9(12)11(3,4)10(13)14-5/h8H,6-7H2,1-5H3. The number of ketones is 1. The van der Waals surface area contributed by atoms with Crippen LogP contribution in [0.5, 0.6) is 0 Å². The molecule has 0 saturated heterocycles. The number of esters is 1. The summed E-state index contributed by atoms with van der Waals surface area (Å²) in [5.74, 6) is -0.0169. The van der Waals surface area contributed by atoms with Gasteiger partial charge in [0.05, 0.1) is 7.11 Å². The molecule has 0 amide bonds. The molecule has 0 radical (unpaired) electrons. The quantitative estimate of drug-likeness (QED) is 0.504. The number of methoxy groups -OCH3 is 1. The summed E-state index contributed by atoms with van der Waals surface area (Å²) in [7, 11) is 1.31. The minimum absolute atomic E-state index is 0.0435. The summed E-state index contributed by atoms with van der Waals surface area (Å²) in [4.78, 5) is 22.9. The predicted octanol–water partition coefficient (Wildman–Crippen LogP) is 2.19. The zero-order valence-electron chi connectivity index (χ0n) is 9.72. The lowest BCUT2D eigenvalue weighted by molar-refractivity contribution is -0.155. The molecule has 82 valence electrons. The molecule has 0 aromatic heterocycles. The van der Waals surface area contributed by atoms with E-state index in [0.29, 0.717) is 12.3 Å². The third-order valence-electron chi connectivity index (χ3n) is 2.34. The Morgan fingerprint density at radius 2 is 1.79 bits per heavy atom. The second-order valence-corrected chi connectivity index (χ2v) is 4.47. The van der Waals surface area contributed by atoms with Gasteiger partial charge in [0, 0.05) is 6.42 Å². The van der Waals surface area contributed by atoms with Crippen molar-refractivity contribution < 1.29 is 14.3 Å². The lowest BCUT2D eigenvalue weighted by atomic mass is 9.85. The van der Waals surface area contributed by atoms with Crippen LogP contribution in [0.1, 0.15) is 40.5 Å². The van der Waals surface area contributed by atoms with Crippen LogP contribution in [-0.4, -0.2) is 18.9 Å². The zero-order chi connectivity index (χ0) is 11.4. The molecule has 3 nitrogen and oxygen atoms in total. The van der Waals surface area contributed by atoms with Gasteiger partial charge in [-0.15, -0.1) is 0 Å². The minimum Gasteiger partial charge on any atom is -0.468 e. The van der Waals surface area contributed by atoms with E-state index >= 15 is 0 Å². The van der Waals surface area contributed by atoms with Gasteiger partial charge >= 0.3 is 5.97 Å². The molecule has 0 atom stereocenters. The number of carbonyl (C=O) groups is 2. The molecule has 0 rings (SSSR count). The highest BCUT2D eigenvalue weighted by molar-refractivity contribution is 6.02. The molecule has 0 aliphatic heterocycles. The maximum atomic E-state index is 11.7. The topological polar surface area (TPSA) is 43.4 Å². The normalized spacial score (nSPS) is 11.6. The Kier molecular flexibility index (Phi) is 4.81. The number of Topliss-reactive ketones (excluding diaryl/α,β-unsaturated/α-hetero) is 1. The van der Waals surface area contributed by atoms with Crippen molar-refractivity contribution in [1.82, 2.24) is 0 Å². The minimum atomic E-state index is -0.996. The molecule has 0 unspecified atom stereocenters. The van der Waals surface area contributed by atoms with Gasteiger partial charge in [0.1, 0.15) is 11.2 Å². The molecule has 0 bridgehead atoms. The summed E-state index contributed by atoms with van der Waals surface area (Å²) in [6.07, 6.45) is 1.26. The molecular formula is C11H20O3. The summed E-state index contributed by atoms with van der Waals surface area (Å²) in [6, 6.07) is 0. The largest absolute Gasteiger partial charge is 0.468 e. The van der Waals surface area contributed by atoms with Crippen LogP contribution in [0.2, 0.25) is 0 Å². The van der Waals surface area contributed by atoms with Crippen LogP contribution < -0.4 is 0 Å². The van der Waals surface area contributed by atoms with Crippen molar-refractivity contribution in [3.05, 3.63) is 0 Å². The molecule has 0 aromatic carbocycles. The van der Waals surface area contributed by atoms with E-state index in [1.807, 2.05) is 0 Å². The first-order valence-corrected chi connectivity index (χ1v) is 4.94. The van der Waals surface area contributed by atoms with Crippen LogP contribution in [0, 0.1) is 11.3 Å². The van der Waals surface area contributed by atoms with Gasteiger partial charge in [0.15, 0.2) is 0 Å². The number of hydrogen-bond donors (Lipinski definition) is 0. The van der Waals surface area contributed by atoms with E-state index in [9.17, 15) is 9.59 Å². The maximum Gasteiger partial charge on any atom is 0.318 e. The van der Waals surface area contributed by atoms with Gasteiger partial charge in [-0.05, 0) is 26.2 Å². The van der Waals surface area contributed by atoms with Crippen molar-refractivity contribution in [2.24, 2.45) is 11.3 Å². The van der Waals surface area contributed by atoms with Crippen molar-refractivity contribution in [1.29, 1.82) is 0 Å². The highest BCUT2D eigenvalue weighted by Gasteiger charge is 2.36. The molecule has 3 heteroatoms. The fourth-order valence-corrected chi connectivity index (χ4v) is 1.10. The van der Waals surface area contributed by atoms with E-state index in [4.69, 9.17) is 0 Å². The van der Waals surface area contributed by atoms with Crippen LogP contribution in [0.15, 0.2) is 0 Å². The maximum absolute atomic E-state index is 11.7.